The van der Waals surface area contributed by atoms with E-state index < -0.39 is 0 Å². The van der Waals surface area contributed by atoms with Gasteiger partial charge in [0.25, 0.3) is 0 Å². The van der Waals surface area contributed by atoms with Crippen molar-refractivity contribution in [1.29, 1.82) is 0 Å². The van der Waals surface area contributed by atoms with Gasteiger partial charge in [0.1, 0.15) is 0 Å². The van der Waals surface area contributed by atoms with Gasteiger partial charge in [-0.2, -0.15) is 0 Å². The number of aliphatic hydroxyl groups excluding tert-OH is 1. The van der Waals surface area contributed by atoms with E-state index in [4.69, 9.17) is 5.11 Å². The van der Waals surface area contributed by atoms with Crippen LogP contribution in [0.5, 0.6) is 0 Å². The monoisotopic (exact) mass is 211 g/mol. The predicted octanol–water partition coefficient (Wildman–Crippen LogP) is 2.32. The van der Waals surface area contributed by atoms with Gasteiger partial charge in [-0.1, -0.05) is 19.3 Å². The molecule has 2 saturated carbocycles. The molecule has 2 rings (SSSR count). The summed E-state index contributed by atoms with van der Waals surface area (Å²) in [7, 11) is 0. The fraction of sp³-hybridized carbons (Fsp3) is 1.00. The van der Waals surface area contributed by atoms with E-state index >= 15 is 0 Å². The summed E-state index contributed by atoms with van der Waals surface area (Å²) in [6, 6.07) is 0.977. The fourth-order valence-electron chi connectivity index (χ4n) is 2.99. The average molecular weight is 211 g/mol. The first-order valence-electron chi connectivity index (χ1n) is 6.68. The van der Waals surface area contributed by atoms with Crippen LogP contribution in [0.2, 0.25) is 0 Å². The van der Waals surface area contributed by atoms with Crippen LogP contribution in [0.4, 0.5) is 0 Å². The summed E-state index contributed by atoms with van der Waals surface area (Å²) in [5.41, 5.74) is 0. The average Bonchev–Trinajstić information content (AvgIpc) is 3.10. The maximum atomic E-state index is 9.12. The molecular weight excluding hydrogens is 186 g/mol. The van der Waals surface area contributed by atoms with Crippen LogP contribution in [0, 0.1) is 11.8 Å². The van der Waals surface area contributed by atoms with Crippen molar-refractivity contribution in [3.63, 3.8) is 0 Å². The van der Waals surface area contributed by atoms with E-state index in [-0.39, 0.29) is 12.6 Å². The third kappa shape index (κ3) is 3.18. The standard InChI is InChI=1S/C13H25NO/c1-10(9-15)14-13(12-7-8-12)11-5-3-2-4-6-11/h10-15H,2-9H2,1H3. The second kappa shape index (κ2) is 5.31. The maximum absolute atomic E-state index is 9.12. The molecule has 0 bridgehead atoms. The molecule has 15 heavy (non-hydrogen) atoms. The lowest BCUT2D eigenvalue weighted by Crippen LogP contribution is -2.45. The molecule has 2 fully saturated rings. The highest BCUT2D eigenvalue weighted by atomic mass is 16.3. The molecule has 0 aromatic carbocycles. The minimum atomic E-state index is 0.274. The zero-order valence-corrected chi connectivity index (χ0v) is 9.91. The molecule has 0 radical (unpaired) electrons. The number of hydrogen-bond acceptors (Lipinski definition) is 2. The first-order chi connectivity index (χ1) is 7.31. The molecule has 88 valence electrons. The minimum Gasteiger partial charge on any atom is -0.395 e. The van der Waals surface area contributed by atoms with Crippen molar-refractivity contribution < 1.29 is 5.11 Å². The van der Waals surface area contributed by atoms with Crippen LogP contribution in [0.25, 0.3) is 0 Å². The Balaban J connectivity index is 1.86. The molecule has 2 aliphatic carbocycles. The topological polar surface area (TPSA) is 32.3 Å². The largest absolute Gasteiger partial charge is 0.395 e. The molecule has 0 aromatic rings. The van der Waals surface area contributed by atoms with Gasteiger partial charge in [0.2, 0.25) is 0 Å². The number of rotatable bonds is 5. The Kier molecular flexibility index (Phi) is 4.04. The van der Waals surface area contributed by atoms with E-state index in [1.807, 2.05) is 0 Å². The van der Waals surface area contributed by atoms with Crippen molar-refractivity contribution in [2.45, 2.75) is 64.0 Å². The zero-order valence-electron chi connectivity index (χ0n) is 9.91. The van der Waals surface area contributed by atoms with Gasteiger partial charge in [0.05, 0.1) is 6.61 Å². The van der Waals surface area contributed by atoms with Gasteiger partial charge in [-0.3, -0.25) is 0 Å². The first kappa shape index (κ1) is 11.4. The van der Waals surface area contributed by atoms with E-state index in [1.165, 1.54) is 44.9 Å². The Hall–Kier alpha value is -0.0800. The first-order valence-corrected chi connectivity index (χ1v) is 6.68. The van der Waals surface area contributed by atoms with Gasteiger partial charge in [-0.15, -0.1) is 0 Å². The molecule has 2 N–H and O–H groups in total. The fourth-order valence-corrected chi connectivity index (χ4v) is 2.99. The zero-order chi connectivity index (χ0) is 10.7. The van der Waals surface area contributed by atoms with Gasteiger partial charge >= 0.3 is 0 Å². The summed E-state index contributed by atoms with van der Waals surface area (Å²) in [6.07, 6.45) is 9.91. The highest BCUT2D eigenvalue weighted by molar-refractivity contribution is 4.92. The van der Waals surface area contributed by atoms with Crippen LogP contribution in [-0.2, 0) is 0 Å². The highest BCUT2D eigenvalue weighted by Gasteiger charge is 2.37. The van der Waals surface area contributed by atoms with Crippen molar-refractivity contribution in [3.05, 3.63) is 0 Å². The summed E-state index contributed by atoms with van der Waals surface area (Å²) < 4.78 is 0. The van der Waals surface area contributed by atoms with Gasteiger partial charge in [-0.25, -0.2) is 0 Å². The molecule has 0 heterocycles. The van der Waals surface area contributed by atoms with Gasteiger partial charge in [0, 0.05) is 12.1 Å². The van der Waals surface area contributed by atoms with Crippen LogP contribution >= 0.6 is 0 Å². The van der Waals surface area contributed by atoms with Crippen molar-refractivity contribution in [2.24, 2.45) is 11.8 Å². The highest BCUT2D eigenvalue weighted by Crippen LogP contribution is 2.40. The van der Waals surface area contributed by atoms with Crippen LogP contribution in [0.15, 0.2) is 0 Å². The third-order valence-electron chi connectivity index (χ3n) is 4.04. The number of nitrogens with one attached hydrogen (secondary N) is 1. The third-order valence-corrected chi connectivity index (χ3v) is 4.04. The molecule has 0 spiro atoms. The summed E-state index contributed by atoms with van der Waals surface area (Å²) in [5.74, 6) is 1.81. The Morgan fingerprint density at radius 1 is 1.07 bits per heavy atom. The maximum Gasteiger partial charge on any atom is 0.0582 e. The predicted molar refractivity (Wildman–Crippen MR) is 62.8 cm³/mol. The van der Waals surface area contributed by atoms with E-state index in [9.17, 15) is 0 Å². The molecule has 2 unspecified atom stereocenters. The summed E-state index contributed by atoms with van der Waals surface area (Å²) in [5, 5.41) is 12.8. The second-order valence-electron chi connectivity index (χ2n) is 5.51. The molecule has 0 aromatic heterocycles. The van der Waals surface area contributed by atoms with Crippen molar-refractivity contribution in [2.75, 3.05) is 6.61 Å². The molecule has 2 heteroatoms. The van der Waals surface area contributed by atoms with Crippen LogP contribution in [-0.4, -0.2) is 23.8 Å². The quantitative estimate of drug-likeness (QED) is 0.731. The Bertz CT molecular complexity index is 185. The van der Waals surface area contributed by atoms with Crippen molar-refractivity contribution in [1.82, 2.24) is 5.32 Å². The SMILES string of the molecule is CC(CO)NC(C1CCCCC1)C1CC1. The lowest BCUT2D eigenvalue weighted by Gasteiger charge is -2.33. The number of aliphatic hydroxyl groups is 1. The smallest absolute Gasteiger partial charge is 0.0582 e. The molecule has 0 amide bonds. The summed E-state index contributed by atoms with van der Waals surface area (Å²) in [4.78, 5) is 0. The minimum absolute atomic E-state index is 0.274. The Morgan fingerprint density at radius 2 is 1.67 bits per heavy atom. The van der Waals surface area contributed by atoms with E-state index in [0.717, 1.165) is 11.8 Å². The molecular formula is C13H25NO. The van der Waals surface area contributed by atoms with Gasteiger partial charge in [-0.05, 0) is 44.4 Å². The molecule has 2 atom stereocenters. The summed E-state index contributed by atoms with van der Waals surface area (Å²) in [6.45, 7) is 2.37. The van der Waals surface area contributed by atoms with Crippen LogP contribution in [0.1, 0.15) is 51.9 Å². The lowest BCUT2D eigenvalue weighted by molar-refractivity contribution is 0.192. The van der Waals surface area contributed by atoms with E-state index in [1.54, 1.807) is 0 Å². The molecule has 2 aliphatic rings. The van der Waals surface area contributed by atoms with Crippen molar-refractivity contribution >= 4 is 0 Å². The number of hydrogen-bond donors (Lipinski definition) is 2. The van der Waals surface area contributed by atoms with Gasteiger partial charge < -0.3 is 10.4 Å². The second-order valence-corrected chi connectivity index (χ2v) is 5.51. The molecule has 2 nitrogen and oxygen atoms in total. The van der Waals surface area contributed by atoms with Crippen LogP contribution < -0.4 is 5.32 Å². The van der Waals surface area contributed by atoms with E-state index in [0.29, 0.717) is 6.04 Å². The van der Waals surface area contributed by atoms with E-state index in [2.05, 4.69) is 12.2 Å². The normalized spacial score (nSPS) is 27.6. The molecule has 0 aliphatic heterocycles. The molecule has 0 saturated heterocycles. The van der Waals surface area contributed by atoms with Crippen LogP contribution in [0.3, 0.4) is 0 Å². The Morgan fingerprint density at radius 3 is 2.20 bits per heavy atom. The van der Waals surface area contributed by atoms with Crippen molar-refractivity contribution in [3.8, 4) is 0 Å². The summed E-state index contributed by atoms with van der Waals surface area (Å²) >= 11 is 0. The lowest BCUT2D eigenvalue weighted by atomic mass is 9.81. The van der Waals surface area contributed by atoms with Gasteiger partial charge in [0.15, 0.2) is 0 Å². The Labute approximate surface area is 93.5 Å².